The van der Waals surface area contributed by atoms with E-state index >= 15 is 0 Å². The third-order valence-corrected chi connectivity index (χ3v) is 13.0. The van der Waals surface area contributed by atoms with E-state index in [1.807, 2.05) is 24.3 Å². The molecule has 0 radical (unpaired) electrons. The van der Waals surface area contributed by atoms with Crippen LogP contribution in [0.1, 0.15) is 0 Å². The molecule has 282 valence electrons. The van der Waals surface area contributed by atoms with Crippen molar-refractivity contribution < 1.29 is 8.83 Å². The predicted molar refractivity (Wildman–Crippen MR) is 261 cm³/mol. The van der Waals surface area contributed by atoms with Crippen LogP contribution in [0, 0.1) is 0 Å². The van der Waals surface area contributed by atoms with Crippen LogP contribution >= 0.6 is 31.9 Å². The van der Waals surface area contributed by atoms with Gasteiger partial charge in [0.05, 0.1) is 0 Å². The molecule has 0 N–H and O–H groups in total. The Labute approximate surface area is 361 Å². The van der Waals surface area contributed by atoms with Gasteiger partial charge in [-0.25, -0.2) is 0 Å². The molecule has 11 aromatic carbocycles. The molecule has 2 nitrogen and oxygen atoms in total. The second kappa shape index (κ2) is 13.9. The summed E-state index contributed by atoms with van der Waals surface area (Å²) in [4.78, 5) is 0. The number of hydrogen-bond acceptors (Lipinski definition) is 2. The van der Waals surface area contributed by atoms with Crippen molar-refractivity contribution in [1.82, 2.24) is 0 Å². The smallest absolute Gasteiger partial charge is 0.136 e. The summed E-state index contributed by atoms with van der Waals surface area (Å²) in [6.07, 6.45) is 0. The monoisotopic (exact) mass is 894 g/mol. The zero-order chi connectivity index (χ0) is 39.9. The summed E-state index contributed by atoms with van der Waals surface area (Å²) in [5.74, 6) is 0. The van der Waals surface area contributed by atoms with Crippen LogP contribution < -0.4 is 0 Å². The van der Waals surface area contributed by atoms with E-state index in [0.29, 0.717) is 0 Å². The largest absolute Gasteiger partial charge is 0.456 e. The quantitative estimate of drug-likeness (QED) is 0.162. The molecule has 0 atom stereocenters. The summed E-state index contributed by atoms with van der Waals surface area (Å²) >= 11 is 7.20. The summed E-state index contributed by atoms with van der Waals surface area (Å²) in [7, 11) is 0. The normalized spacial score (nSPS) is 11.8. The Morgan fingerprint density at radius 2 is 0.800 bits per heavy atom. The maximum absolute atomic E-state index is 6.23. The van der Waals surface area contributed by atoms with Crippen LogP contribution in [-0.4, -0.2) is 0 Å². The molecule has 0 amide bonds. The van der Waals surface area contributed by atoms with Gasteiger partial charge in [-0.2, -0.15) is 0 Å². The van der Waals surface area contributed by atoms with Gasteiger partial charge in [0.15, 0.2) is 0 Å². The van der Waals surface area contributed by atoms with Gasteiger partial charge >= 0.3 is 0 Å². The highest BCUT2D eigenvalue weighted by Crippen LogP contribution is 2.43. The van der Waals surface area contributed by atoms with E-state index in [1.54, 1.807) is 0 Å². The second-order valence-electron chi connectivity index (χ2n) is 15.4. The number of furan rings is 2. The summed E-state index contributed by atoms with van der Waals surface area (Å²) in [5.41, 5.74) is 8.58. The average molecular weight is 897 g/mol. The summed E-state index contributed by atoms with van der Waals surface area (Å²) in [6.45, 7) is 0. The Balaban J connectivity index is 0.000000129. The van der Waals surface area contributed by atoms with Crippen LogP contribution in [0.2, 0.25) is 0 Å². The SMILES string of the molecule is Brc1ccc2oc3cc4c5ccccc5c5c6ccccc6ccc5c4cc3c2c1.Brc1ccc2oc3ccc(-c4ccc5ccccc5c4-c4ccccc4)cc3c2c1. The first-order valence-corrected chi connectivity index (χ1v) is 21.6. The number of rotatable bonds is 2. The summed E-state index contributed by atoms with van der Waals surface area (Å²) in [5, 5.41) is 17.3. The third-order valence-electron chi connectivity index (χ3n) is 12.0. The van der Waals surface area contributed by atoms with Crippen molar-refractivity contribution in [3.05, 3.63) is 203 Å². The lowest BCUT2D eigenvalue weighted by Gasteiger charge is -2.14. The van der Waals surface area contributed by atoms with Crippen LogP contribution in [0.15, 0.2) is 212 Å². The minimum Gasteiger partial charge on any atom is -0.456 e. The van der Waals surface area contributed by atoms with E-state index < -0.39 is 0 Å². The highest BCUT2D eigenvalue weighted by Gasteiger charge is 2.17. The minimum atomic E-state index is 0.909. The lowest BCUT2D eigenvalue weighted by atomic mass is 9.89. The van der Waals surface area contributed by atoms with Gasteiger partial charge in [-0.3, -0.25) is 0 Å². The van der Waals surface area contributed by atoms with Crippen LogP contribution in [0.3, 0.4) is 0 Å². The maximum atomic E-state index is 6.23. The molecule has 0 saturated carbocycles. The van der Waals surface area contributed by atoms with Crippen molar-refractivity contribution in [2.45, 2.75) is 0 Å². The van der Waals surface area contributed by atoms with E-state index in [2.05, 4.69) is 202 Å². The van der Waals surface area contributed by atoms with E-state index in [1.165, 1.54) is 76.1 Å². The molecule has 0 aliphatic rings. The Hall–Kier alpha value is -6.72. The molecule has 0 saturated heterocycles. The fourth-order valence-corrected chi connectivity index (χ4v) is 10.0. The fraction of sp³-hybridized carbons (Fsp3) is 0. The molecule has 0 spiro atoms. The molecule has 13 rings (SSSR count). The van der Waals surface area contributed by atoms with Gasteiger partial charge in [-0.15, -0.1) is 0 Å². The zero-order valence-corrected chi connectivity index (χ0v) is 35.2. The van der Waals surface area contributed by atoms with Gasteiger partial charge in [0.25, 0.3) is 0 Å². The first kappa shape index (κ1) is 35.2. The minimum absolute atomic E-state index is 0.909. The van der Waals surface area contributed by atoms with Crippen molar-refractivity contribution in [2.75, 3.05) is 0 Å². The van der Waals surface area contributed by atoms with Gasteiger partial charge < -0.3 is 8.83 Å². The van der Waals surface area contributed by atoms with E-state index in [0.717, 1.165) is 52.8 Å². The lowest BCUT2D eigenvalue weighted by molar-refractivity contribution is 0.668. The predicted octanol–water partition coefficient (Wildman–Crippen LogP) is 17.8. The molecule has 60 heavy (non-hydrogen) atoms. The molecule has 0 aliphatic carbocycles. The number of hydrogen-bond donors (Lipinski definition) is 0. The van der Waals surface area contributed by atoms with Crippen molar-refractivity contribution in [3.8, 4) is 22.3 Å². The Bertz CT molecular complexity index is 3860. The van der Waals surface area contributed by atoms with Crippen molar-refractivity contribution >= 4 is 130 Å². The Morgan fingerprint density at radius 1 is 0.283 bits per heavy atom. The first-order valence-electron chi connectivity index (χ1n) is 20.0. The van der Waals surface area contributed by atoms with Crippen LogP contribution in [-0.2, 0) is 0 Å². The summed E-state index contributed by atoms with van der Waals surface area (Å²) in [6, 6.07) is 69.0. The standard InChI is InChI=1S/C28H15BrO.C28H17BrO/c29-17-10-12-26-24(13-17)25-14-22-21-11-9-16-5-1-2-6-18(16)28(21)20-8-4-3-7-19(20)23(22)15-27(25)30-26;29-21-12-15-27-25(17-21)24-16-20(11-14-26(24)30-27)23-13-10-18-6-4-5-9-22(18)28(23)19-7-2-1-3-8-19/h1-15H;1-17H. The maximum Gasteiger partial charge on any atom is 0.136 e. The van der Waals surface area contributed by atoms with Crippen molar-refractivity contribution in [3.63, 3.8) is 0 Å². The number of halogens is 2. The molecule has 0 unspecified atom stereocenters. The molecule has 0 aliphatic heterocycles. The molecule has 13 aromatic rings. The van der Waals surface area contributed by atoms with Crippen LogP contribution in [0.25, 0.3) is 120 Å². The second-order valence-corrected chi connectivity index (χ2v) is 17.3. The average Bonchev–Trinajstić information content (AvgIpc) is 3.84. The van der Waals surface area contributed by atoms with Gasteiger partial charge in [-0.1, -0.05) is 165 Å². The fourth-order valence-electron chi connectivity index (χ4n) is 9.31. The van der Waals surface area contributed by atoms with Gasteiger partial charge in [0.2, 0.25) is 0 Å². The van der Waals surface area contributed by atoms with Crippen LogP contribution in [0.5, 0.6) is 0 Å². The number of fused-ring (bicyclic) bond motifs is 15. The van der Waals surface area contributed by atoms with E-state index in [9.17, 15) is 0 Å². The molecule has 0 fully saturated rings. The van der Waals surface area contributed by atoms with Crippen LogP contribution in [0.4, 0.5) is 0 Å². The molecule has 2 heterocycles. The van der Waals surface area contributed by atoms with Crippen molar-refractivity contribution in [2.24, 2.45) is 0 Å². The van der Waals surface area contributed by atoms with Crippen molar-refractivity contribution in [1.29, 1.82) is 0 Å². The molecule has 2 aromatic heterocycles. The summed E-state index contributed by atoms with van der Waals surface area (Å²) < 4.78 is 14.4. The highest BCUT2D eigenvalue weighted by molar-refractivity contribution is 9.10. The van der Waals surface area contributed by atoms with Gasteiger partial charge in [-0.05, 0) is 137 Å². The number of benzene rings is 11. The Morgan fingerprint density at radius 3 is 1.53 bits per heavy atom. The van der Waals surface area contributed by atoms with Gasteiger partial charge in [0.1, 0.15) is 22.3 Å². The molecule has 4 heteroatoms. The molecular formula is C56H32Br2O2. The van der Waals surface area contributed by atoms with E-state index in [4.69, 9.17) is 8.83 Å². The zero-order valence-electron chi connectivity index (χ0n) is 32.0. The third kappa shape index (κ3) is 5.66. The highest BCUT2D eigenvalue weighted by atomic mass is 79.9. The lowest BCUT2D eigenvalue weighted by Crippen LogP contribution is -1.88. The first-order chi connectivity index (χ1) is 29.6. The topological polar surface area (TPSA) is 26.3 Å². The molecular weight excluding hydrogens is 864 g/mol. The molecule has 0 bridgehead atoms. The van der Waals surface area contributed by atoms with E-state index in [-0.39, 0.29) is 0 Å². The van der Waals surface area contributed by atoms with Gasteiger partial charge in [0, 0.05) is 30.5 Å². The Kier molecular flexibility index (Phi) is 8.19.